The zero-order chi connectivity index (χ0) is 24.8. The summed E-state index contributed by atoms with van der Waals surface area (Å²) < 4.78 is 2.16. The topological polar surface area (TPSA) is 17.8 Å². The highest BCUT2D eigenvalue weighted by atomic mass is 28.2. The van der Waals surface area contributed by atoms with Crippen molar-refractivity contribution < 1.29 is 0 Å². The van der Waals surface area contributed by atoms with Gasteiger partial charge < -0.3 is 4.57 Å². The van der Waals surface area contributed by atoms with Crippen molar-refractivity contribution in [1.29, 1.82) is 0 Å². The van der Waals surface area contributed by atoms with Gasteiger partial charge >= 0.3 is 0 Å². The van der Waals surface area contributed by atoms with Gasteiger partial charge in [0.15, 0.2) is 0 Å². The van der Waals surface area contributed by atoms with Crippen molar-refractivity contribution in [2.45, 2.75) is 6.17 Å². The number of imidazole rings is 1. The van der Waals surface area contributed by atoms with Gasteiger partial charge in [0.25, 0.3) is 0 Å². The van der Waals surface area contributed by atoms with Crippen molar-refractivity contribution in [3.63, 3.8) is 0 Å². The largest absolute Gasteiger partial charge is 0.341 e. The fourth-order valence-electron chi connectivity index (χ4n) is 4.15. The van der Waals surface area contributed by atoms with Crippen LogP contribution in [0.25, 0.3) is 11.1 Å². The third-order valence-electron chi connectivity index (χ3n) is 5.92. The van der Waals surface area contributed by atoms with Crippen LogP contribution in [-0.2, 0) is 6.17 Å². The van der Waals surface area contributed by atoms with Crippen LogP contribution in [0.2, 0.25) is 0 Å². The Morgan fingerprint density at radius 2 is 1.06 bits per heavy atom. The number of hydrogen-bond donors (Lipinski definition) is 0. The third-order valence-corrected chi connectivity index (χ3v) is 7.39. The van der Waals surface area contributed by atoms with E-state index in [1.54, 1.807) is 0 Å². The zero-order valence-corrected chi connectivity index (χ0v) is 22.2. The average Bonchev–Trinajstić information content (AvgIpc) is 3.48. The van der Waals surface area contributed by atoms with E-state index >= 15 is 0 Å². The van der Waals surface area contributed by atoms with Gasteiger partial charge in [-0.2, -0.15) is 0 Å². The van der Waals surface area contributed by atoms with E-state index in [4.69, 9.17) is 0 Å². The predicted molar refractivity (Wildman–Crippen MR) is 159 cm³/mol. The lowest BCUT2D eigenvalue weighted by Crippen LogP contribution is -2.02. The molecule has 0 aliphatic carbocycles. The Bertz CT molecular complexity index is 1270. The first-order valence-corrected chi connectivity index (χ1v) is 14.2. The summed E-state index contributed by atoms with van der Waals surface area (Å²) in [6.07, 6.45) is 6.85. The minimum Gasteiger partial charge on any atom is -0.341 e. The lowest BCUT2D eigenvalue weighted by Gasteiger charge is -2.09. The van der Waals surface area contributed by atoms with Crippen LogP contribution in [0.5, 0.6) is 0 Å². The van der Waals surface area contributed by atoms with Crippen LogP contribution in [0, 0.1) is 0 Å². The second-order valence-electron chi connectivity index (χ2n) is 8.37. The fourth-order valence-corrected chi connectivity index (χ4v) is 5.60. The highest BCUT2D eigenvalue weighted by Gasteiger charge is 2.04. The number of hydrogen-bond acceptors (Lipinski definition) is 1. The molecule has 0 radical (unpaired) electrons. The summed E-state index contributed by atoms with van der Waals surface area (Å²) in [6.45, 7) is 0. The van der Waals surface area contributed by atoms with Gasteiger partial charge in [-0.1, -0.05) is 127 Å². The zero-order valence-electron chi connectivity index (χ0n) is 20.7. The van der Waals surface area contributed by atoms with Crippen LogP contribution >= 0.6 is 0 Å². The van der Waals surface area contributed by atoms with Crippen molar-refractivity contribution >= 4 is 28.5 Å². The first-order valence-electron chi connectivity index (χ1n) is 12.4. The molecule has 5 aromatic rings. The van der Waals surface area contributed by atoms with E-state index in [0.717, 1.165) is 6.17 Å². The van der Waals surface area contributed by atoms with E-state index in [0.29, 0.717) is 0 Å². The van der Waals surface area contributed by atoms with Crippen molar-refractivity contribution in [1.82, 2.24) is 9.55 Å². The smallest absolute Gasteiger partial charge is 0.130 e. The van der Waals surface area contributed by atoms with Crippen molar-refractivity contribution in [3.8, 4) is 0 Å². The van der Waals surface area contributed by atoms with E-state index in [1.807, 2.05) is 30.9 Å². The van der Waals surface area contributed by atoms with Gasteiger partial charge in [0.1, 0.15) is 7.85 Å². The molecule has 0 amide bonds. The van der Waals surface area contributed by atoms with E-state index in [2.05, 4.69) is 138 Å². The molecule has 176 valence electrons. The number of aromatic nitrogens is 2. The van der Waals surface area contributed by atoms with Crippen LogP contribution in [0.15, 0.2) is 152 Å². The summed E-state index contributed by atoms with van der Waals surface area (Å²) >= 11 is 0. The third kappa shape index (κ3) is 7.17. The van der Waals surface area contributed by atoms with Crippen LogP contribution < -0.4 is 0 Å². The molecule has 1 aromatic heterocycles. The quantitative estimate of drug-likeness (QED) is 0.268. The molecule has 0 fully saturated rings. The molecular formula is C32H31BN2Si. The fraction of sp³-hybridized carbons (Fsp3) is 0.0312. The Balaban J connectivity index is 0.000000179. The van der Waals surface area contributed by atoms with E-state index in [-0.39, 0.29) is 9.52 Å². The number of nitrogens with zero attached hydrogens (tertiary/aromatic N) is 2. The van der Waals surface area contributed by atoms with Crippen LogP contribution in [0.1, 0.15) is 22.3 Å². The van der Waals surface area contributed by atoms with Gasteiger partial charge in [-0.3, -0.25) is 0 Å². The number of rotatable bonds is 7. The molecule has 5 rings (SSSR count). The van der Waals surface area contributed by atoms with Crippen molar-refractivity contribution in [2.24, 2.45) is 0 Å². The van der Waals surface area contributed by atoms with Crippen LogP contribution in [0.3, 0.4) is 0 Å². The summed E-state index contributed by atoms with van der Waals surface area (Å²) in [6, 6.07) is 42.2. The van der Waals surface area contributed by atoms with Crippen LogP contribution in [0.4, 0.5) is 0 Å². The predicted octanol–water partition coefficient (Wildman–Crippen LogP) is 5.81. The van der Waals surface area contributed by atoms with Gasteiger partial charge in [0.2, 0.25) is 0 Å². The minimum atomic E-state index is -0.332. The van der Waals surface area contributed by atoms with Crippen molar-refractivity contribution in [3.05, 3.63) is 174 Å². The van der Waals surface area contributed by atoms with E-state index in [1.165, 1.54) is 33.4 Å². The molecule has 4 heteroatoms. The molecule has 0 atom stereocenters. The molecule has 4 aromatic carbocycles. The molecule has 0 saturated carbocycles. The van der Waals surface area contributed by atoms with E-state index in [9.17, 15) is 0 Å². The lowest BCUT2D eigenvalue weighted by atomic mass is 9.92. The molecule has 1 heterocycles. The van der Waals surface area contributed by atoms with Crippen LogP contribution in [-0.4, -0.2) is 26.9 Å². The molecule has 0 spiro atoms. The maximum Gasteiger partial charge on any atom is 0.130 e. The molecule has 36 heavy (non-hydrogen) atoms. The van der Waals surface area contributed by atoms with E-state index < -0.39 is 0 Å². The first kappa shape index (κ1) is 25.0. The SMILES string of the molecule is BC=C(c1ccccc1)c1ccccc1.C([SiH2]Cn1ccnc1)=C(c1ccccc1)c1ccccc1. The second kappa shape index (κ2) is 13.7. The Morgan fingerprint density at radius 1 is 0.639 bits per heavy atom. The molecule has 0 N–H and O–H groups in total. The molecule has 0 unspecified atom stereocenters. The maximum atomic E-state index is 4.10. The summed E-state index contributed by atoms with van der Waals surface area (Å²) in [4.78, 5) is 4.10. The molecule has 0 bridgehead atoms. The first-order chi connectivity index (χ1) is 17.8. The highest BCUT2D eigenvalue weighted by molar-refractivity contribution is 6.42. The molecular weight excluding hydrogens is 451 g/mol. The summed E-state index contributed by atoms with van der Waals surface area (Å²) in [5, 5.41) is 0. The van der Waals surface area contributed by atoms with Gasteiger partial charge in [0, 0.05) is 18.6 Å². The lowest BCUT2D eigenvalue weighted by molar-refractivity contribution is 0.874. The second-order valence-corrected chi connectivity index (χ2v) is 9.81. The average molecular weight is 483 g/mol. The van der Waals surface area contributed by atoms with Gasteiger partial charge in [0.05, 0.1) is 15.8 Å². The Hall–Kier alpha value is -4.15. The summed E-state index contributed by atoms with van der Waals surface area (Å²) in [7, 11) is 1.75. The minimum absolute atomic E-state index is 0.332. The number of benzene rings is 4. The van der Waals surface area contributed by atoms with Crippen molar-refractivity contribution in [2.75, 3.05) is 0 Å². The normalized spacial score (nSPS) is 10.3. The Morgan fingerprint density at radius 3 is 1.42 bits per heavy atom. The Labute approximate surface area is 217 Å². The molecule has 0 saturated heterocycles. The standard InChI is InChI=1S/C18H18N2Si.C14H13B/c1-3-7-16(8-4-1)18(17-9-5-2-6-10-17)13-21-15-20-12-11-19-14-20;15-11-14(12-7-3-1-4-8-12)13-9-5-2-6-10-13/h1-14H,15,21H2;1-11H,15H2. The van der Waals surface area contributed by atoms with Gasteiger partial charge in [-0.05, 0) is 33.4 Å². The highest BCUT2D eigenvalue weighted by Crippen LogP contribution is 2.23. The Kier molecular flexibility index (Phi) is 9.48. The monoisotopic (exact) mass is 482 g/mol. The molecule has 0 aliphatic rings. The molecule has 2 nitrogen and oxygen atoms in total. The van der Waals surface area contributed by atoms with Gasteiger partial charge in [-0.25, -0.2) is 4.98 Å². The molecule has 0 aliphatic heterocycles. The maximum absolute atomic E-state index is 4.10. The summed E-state index contributed by atoms with van der Waals surface area (Å²) in [5.41, 5.74) is 10.2. The summed E-state index contributed by atoms with van der Waals surface area (Å²) in [5.74, 6) is 2.16. The van der Waals surface area contributed by atoms with Gasteiger partial charge in [-0.15, -0.1) is 5.98 Å².